The summed E-state index contributed by atoms with van der Waals surface area (Å²) in [6.45, 7) is 10.1. The van der Waals surface area contributed by atoms with E-state index in [4.69, 9.17) is 12.2 Å². The highest BCUT2D eigenvalue weighted by atomic mass is 32.1. The van der Waals surface area contributed by atoms with E-state index in [0.717, 1.165) is 31.9 Å². The number of rotatable bonds is 1. The van der Waals surface area contributed by atoms with Crippen LogP contribution in [-0.4, -0.2) is 15.6 Å². The third kappa shape index (κ3) is 2.33. The smallest absolute Gasteiger partial charge is 0.294 e. The molecule has 4 nitrogen and oxygen atoms in total. The molecule has 0 unspecified atom stereocenters. The molecule has 2 aliphatic heterocycles. The molecule has 0 spiro atoms. The number of benzene rings is 2. The zero-order chi connectivity index (χ0) is 20.8. The topological polar surface area (TPSA) is 42.3 Å². The zero-order valence-corrected chi connectivity index (χ0v) is 18.5. The molecular formula is C23H20N2O2S2. The second-order valence-electron chi connectivity index (χ2n) is 8.48. The molecule has 0 bridgehead atoms. The van der Waals surface area contributed by atoms with E-state index in [1.165, 1.54) is 11.1 Å². The zero-order valence-electron chi connectivity index (χ0n) is 16.9. The van der Waals surface area contributed by atoms with Crippen LogP contribution in [0.25, 0.3) is 16.8 Å². The first-order chi connectivity index (χ1) is 13.6. The van der Waals surface area contributed by atoms with Crippen LogP contribution in [0.15, 0.2) is 30.3 Å². The van der Waals surface area contributed by atoms with Gasteiger partial charge in [0.1, 0.15) is 4.64 Å². The van der Waals surface area contributed by atoms with Gasteiger partial charge < -0.3 is 0 Å². The Morgan fingerprint density at radius 1 is 0.897 bits per heavy atom. The fourth-order valence-corrected chi connectivity index (χ4v) is 6.28. The highest BCUT2D eigenvalue weighted by Gasteiger charge is 2.51. The first kappa shape index (κ1) is 18.5. The number of carbonyl (C=O) groups excluding carboxylic acids is 2. The molecule has 29 heavy (non-hydrogen) atoms. The summed E-state index contributed by atoms with van der Waals surface area (Å²) in [4.78, 5) is 28.3. The number of aromatic nitrogens is 1. The first-order valence-electron chi connectivity index (χ1n) is 9.50. The fourth-order valence-electron chi connectivity index (χ4n) is 4.61. The average molecular weight is 421 g/mol. The SMILES string of the molecule is Cc1cc(C)cc(-n2sc3c(c2=S)-c2cc(C)cc4c2N(C(=O)C4=O)C3(C)C)c1. The van der Waals surface area contributed by atoms with Crippen LogP contribution in [0.4, 0.5) is 5.69 Å². The molecular weight excluding hydrogens is 400 g/mol. The molecule has 1 amide bonds. The summed E-state index contributed by atoms with van der Waals surface area (Å²) in [5.41, 5.74) is 6.73. The Hall–Kier alpha value is -2.57. The number of amides is 1. The quantitative estimate of drug-likeness (QED) is 0.378. The van der Waals surface area contributed by atoms with E-state index in [-0.39, 0.29) is 0 Å². The molecule has 3 aromatic rings. The van der Waals surface area contributed by atoms with Crippen molar-refractivity contribution < 1.29 is 9.59 Å². The lowest BCUT2D eigenvalue weighted by atomic mass is 9.87. The van der Waals surface area contributed by atoms with Gasteiger partial charge in [-0.2, -0.15) is 0 Å². The Bertz CT molecular complexity index is 1310. The van der Waals surface area contributed by atoms with Gasteiger partial charge in [0.05, 0.1) is 27.4 Å². The summed E-state index contributed by atoms with van der Waals surface area (Å²) in [6, 6.07) is 10.2. The van der Waals surface area contributed by atoms with Crippen molar-refractivity contribution in [3.63, 3.8) is 0 Å². The van der Waals surface area contributed by atoms with E-state index >= 15 is 0 Å². The van der Waals surface area contributed by atoms with Crippen molar-refractivity contribution in [2.75, 3.05) is 4.90 Å². The number of ketones is 1. The van der Waals surface area contributed by atoms with Crippen molar-refractivity contribution in [1.82, 2.24) is 3.96 Å². The van der Waals surface area contributed by atoms with Gasteiger partial charge in [0.2, 0.25) is 0 Å². The van der Waals surface area contributed by atoms with Crippen LogP contribution < -0.4 is 4.90 Å². The molecule has 0 saturated heterocycles. The normalized spacial score (nSPS) is 16.2. The average Bonchev–Trinajstić information content (AvgIpc) is 3.10. The van der Waals surface area contributed by atoms with E-state index in [1.807, 2.05) is 32.9 Å². The number of anilines is 1. The van der Waals surface area contributed by atoms with E-state index in [2.05, 4.69) is 36.0 Å². The molecule has 5 rings (SSSR count). The lowest BCUT2D eigenvalue weighted by Gasteiger charge is -2.39. The molecule has 0 fully saturated rings. The minimum absolute atomic E-state index is 0.429. The maximum atomic E-state index is 12.9. The van der Waals surface area contributed by atoms with Gasteiger partial charge in [0.25, 0.3) is 11.7 Å². The fraction of sp³-hybridized carbons (Fsp3) is 0.261. The van der Waals surface area contributed by atoms with Crippen LogP contribution in [0.3, 0.4) is 0 Å². The van der Waals surface area contributed by atoms with Crippen molar-refractivity contribution in [2.45, 2.75) is 40.2 Å². The number of nitrogens with zero attached hydrogens (tertiary/aromatic N) is 2. The number of fused-ring (bicyclic) bond motifs is 2. The monoisotopic (exact) mass is 420 g/mol. The van der Waals surface area contributed by atoms with Gasteiger partial charge in [0.15, 0.2) is 0 Å². The van der Waals surface area contributed by atoms with Crippen LogP contribution in [0.1, 0.15) is 45.8 Å². The molecule has 1 aromatic heterocycles. The predicted molar refractivity (Wildman–Crippen MR) is 119 cm³/mol. The second kappa shape index (κ2) is 5.74. The number of hydrogen-bond acceptors (Lipinski definition) is 4. The molecule has 2 aliphatic rings. The summed E-state index contributed by atoms with van der Waals surface area (Å²) in [5, 5.41) is 0. The number of aryl methyl sites for hydroxylation is 3. The third-order valence-corrected chi connectivity index (χ3v) is 7.72. The van der Waals surface area contributed by atoms with Gasteiger partial charge in [-0.15, -0.1) is 0 Å². The molecule has 2 aromatic carbocycles. The Kier molecular flexibility index (Phi) is 3.65. The Balaban J connectivity index is 1.89. The van der Waals surface area contributed by atoms with E-state index in [9.17, 15) is 9.59 Å². The highest BCUT2D eigenvalue weighted by molar-refractivity contribution is 7.71. The molecule has 0 aliphatic carbocycles. The maximum Gasteiger partial charge on any atom is 0.300 e. The molecule has 146 valence electrons. The number of carbonyl (C=O) groups is 2. The molecule has 6 heteroatoms. The van der Waals surface area contributed by atoms with Gasteiger partial charge in [0, 0.05) is 11.1 Å². The summed E-state index contributed by atoms with van der Waals surface area (Å²) >= 11 is 7.51. The second-order valence-corrected chi connectivity index (χ2v) is 9.82. The van der Waals surface area contributed by atoms with Crippen molar-refractivity contribution in [3.8, 4) is 16.8 Å². The molecule has 0 radical (unpaired) electrons. The molecule has 0 N–H and O–H groups in total. The van der Waals surface area contributed by atoms with Crippen LogP contribution in [-0.2, 0) is 10.3 Å². The Labute approximate surface area is 178 Å². The summed E-state index contributed by atoms with van der Waals surface area (Å²) in [7, 11) is 0. The van der Waals surface area contributed by atoms with Gasteiger partial charge >= 0.3 is 0 Å². The number of hydrogen-bond donors (Lipinski definition) is 0. The van der Waals surface area contributed by atoms with Crippen LogP contribution in [0, 0.1) is 25.4 Å². The van der Waals surface area contributed by atoms with Crippen molar-refractivity contribution in [2.24, 2.45) is 0 Å². The van der Waals surface area contributed by atoms with Crippen LogP contribution >= 0.6 is 23.8 Å². The number of Topliss-reactive ketones (excluding diaryl/α,β-unsaturated/α-hetero) is 1. The lowest BCUT2D eigenvalue weighted by molar-refractivity contribution is -0.115. The van der Waals surface area contributed by atoms with Crippen LogP contribution in [0.5, 0.6) is 0 Å². The maximum absolute atomic E-state index is 12.9. The van der Waals surface area contributed by atoms with Gasteiger partial charge in [-0.25, -0.2) is 0 Å². The first-order valence-corrected chi connectivity index (χ1v) is 10.7. The molecule has 0 atom stereocenters. The summed E-state index contributed by atoms with van der Waals surface area (Å²) in [5.74, 6) is -0.888. The lowest BCUT2D eigenvalue weighted by Crippen LogP contribution is -2.46. The summed E-state index contributed by atoms with van der Waals surface area (Å²) < 4.78 is 2.80. The third-order valence-electron chi connectivity index (χ3n) is 5.75. The van der Waals surface area contributed by atoms with Gasteiger partial charge in [-0.1, -0.05) is 29.8 Å². The molecule has 0 saturated carbocycles. The molecule has 3 heterocycles. The van der Waals surface area contributed by atoms with E-state index < -0.39 is 17.2 Å². The van der Waals surface area contributed by atoms with Gasteiger partial charge in [-0.3, -0.25) is 18.4 Å². The standard InChI is InChI=1S/C23H20N2O2S2/c1-11-6-12(2)8-14(7-11)25-22(28)17-15-9-13(3)10-16-18(15)24(21(27)19(16)26)23(4,5)20(17)29-25/h6-10H,1-5H3. The summed E-state index contributed by atoms with van der Waals surface area (Å²) in [6.07, 6.45) is 0. The van der Waals surface area contributed by atoms with Crippen molar-refractivity contribution in [3.05, 3.63) is 62.1 Å². The van der Waals surface area contributed by atoms with Crippen molar-refractivity contribution in [1.29, 1.82) is 0 Å². The highest BCUT2D eigenvalue weighted by Crippen LogP contribution is 2.54. The minimum Gasteiger partial charge on any atom is -0.294 e. The van der Waals surface area contributed by atoms with Crippen molar-refractivity contribution >= 4 is 41.1 Å². The minimum atomic E-state index is -0.655. The van der Waals surface area contributed by atoms with E-state index in [0.29, 0.717) is 11.3 Å². The van der Waals surface area contributed by atoms with Crippen LogP contribution in [0.2, 0.25) is 0 Å². The van der Waals surface area contributed by atoms with E-state index in [1.54, 1.807) is 16.4 Å². The van der Waals surface area contributed by atoms with Gasteiger partial charge in [-0.05, 0) is 75.6 Å². The predicted octanol–water partition coefficient (Wildman–Crippen LogP) is 5.64. The Morgan fingerprint density at radius 3 is 2.14 bits per heavy atom. The largest absolute Gasteiger partial charge is 0.300 e. The Morgan fingerprint density at radius 2 is 1.48 bits per heavy atom.